The monoisotopic (exact) mass is 255 g/mol. The van der Waals surface area contributed by atoms with Crippen molar-refractivity contribution in [2.45, 2.75) is 32.7 Å². The Labute approximate surface area is 115 Å². The van der Waals surface area contributed by atoms with Crippen LogP contribution in [0.2, 0.25) is 0 Å². The first-order chi connectivity index (χ1) is 9.15. The molecule has 2 aromatic carbocycles. The summed E-state index contributed by atoms with van der Waals surface area (Å²) in [6.07, 6.45) is 2.13. The zero-order valence-corrected chi connectivity index (χ0v) is 11.6. The Bertz CT molecular complexity index is 522. The van der Waals surface area contributed by atoms with E-state index in [9.17, 15) is 5.11 Å². The summed E-state index contributed by atoms with van der Waals surface area (Å²) in [5, 5.41) is 13.1. The highest BCUT2D eigenvalue weighted by Gasteiger charge is 2.04. The Balaban J connectivity index is 1.87. The van der Waals surface area contributed by atoms with Gasteiger partial charge in [-0.05, 0) is 43.9 Å². The molecule has 100 valence electrons. The molecular weight excluding hydrogens is 234 g/mol. The van der Waals surface area contributed by atoms with Crippen molar-refractivity contribution in [3.8, 4) is 5.75 Å². The van der Waals surface area contributed by atoms with Gasteiger partial charge in [0.2, 0.25) is 0 Å². The van der Waals surface area contributed by atoms with Crippen molar-refractivity contribution < 1.29 is 5.11 Å². The van der Waals surface area contributed by atoms with Gasteiger partial charge in [-0.3, -0.25) is 0 Å². The van der Waals surface area contributed by atoms with Crippen molar-refractivity contribution >= 4 is 5.69 Å². The van der Waals surface area contributed by atoms with Gasteiger partial charge >= 0.3 is 0 Å². The fourth-order valence-corrected chi connectivity index (χ4v) is 2.08. The van der Waals surface area contributed by atoms with Crippen molar-refractivity contribution in [1.82, 2.24) is 0 Å². The number of hydrogen-bond donors (Lipinski definition) is 2. The van der Waals surface area contributed by atoms with E-state index in [1.54, 1.807) is 6.07 Å². The Morgan fingerprint density at radius 2 is 1.84 bits per heavy atom. The van der Waals surface area contributed by atoms with Crippen molar-refractivity contribution in [3.63, 3.8) is 0 Å². The number of rotatable bonds is 5. The van der Waals surface area contributed by atoms with Crippen molar-refractivity contribution in [1.29, 1.82) is 0 Å². The number of nitrogens with one attached hydrogen (secondary N) is 1. The number of benzene rings is 2. The first-order valence-electron chi connectivity index (χ1n) is 6.75. The lowest BCUT2D eigenvalue weighted by Crippen LogP contribution is -2.15. The lowest BCUT2D eigenvalue weighted by Gasteiger charge is -2.16. The molecule has 0 bridgehead atoms. The molecule has 0 aliphatic carbocycles. The third kappa shape index (κ3) is 4.02. The van der Waals surface area contributed by atoms with E-state index >= 15 is 0 Å². The highest BCUT2D eigenvalue weighted by Crippen LogP contribution is 2.21. The van der Waals surface area contributed by atoms with Crippen LogP contribution in [0, 0.1) is 6.92 Å². The largest absolute Gasteiger partial charge is 0.508 e. The van der Waals surface area contributed by atoms with Crippen molar-refractivity contribution in [2.75, 3.05) is 5.32 Å². The van der Waals surface area contributed by atoms with Crippen molar-refractivity contribution in [2.24, 2.45) is 0 Å². The summed E-state index contributed by atoms with van der Waals surface area (Å²) in [5.74, 6) is 0.347. The molecule has 0 fully saturated rings. The third-order valence-electron chi connectivity index (χ3n) is 3.33. The van der Waals surface area contributed by atoms with E-state index in [0.717, 1.165) is 24.1 Å². The van der Waals surface area contributed by atoms with E-state index < -0.39 is 0 Å². The maximum Gasteiger partial charge on any atom is 0.120 e. The average Bonchev–Trinajstić information content (AvgIpc) is 2.42. The van der Waals surface area contributed by atoms with Crippen LogP contribution in [0.4, 0.5) is 5.69 Å². The maximum atomic E-state index is 9.68. The van der Waals surface area contributed by atoms with Crippen LogP contribution in [0.1, 0.15) is 24.5 Å². The number of aryl methyl sites for hydroxylation is 2. The van der Waals surface area contributed by atoms with E-state index in [0.29, 0.717) is 11.8 Å². The van der Waals surface area contributed by atoms with E-state index in [1.807, 2.05) is 25.1 Å². The SMILES string of the molecule is Cc1ccc(NC(C)CCc2ccccc2)cc1O. The Morgan fingerprint density at radius 1 is 1.11 bits per heavy atom. The summed E-state index contributed by atoms with van der Waals surface area (Å²) < 4.78 is 0. The molecule has 0 aromatic heterocycles. The predicted octanol–water partition coefficient (Wildman–Crippen LogP) is 4.13. The quantitative estimate of drug-likeness (QED) is 0.841. The van der Waals surface area contributed by atoms with E-state index in [2.05, 4.69) is 36.5 Å². The minimum atomic E-state index is 0.347. The minimum absolute atomic E-state index is 0.347. The van der Waals surface area contributed by atoms with Gasteiger partial charge in [0.1, 0.15) is 5.75 Å². The van der Waals surface area contributed by atoms with Crippen molar-refractivity contribution in [3.05, 3.63) is 59.7 Å². The fourth-order valence-electron chi connectivity index (χ4n) is 2.08. The number of phenols is 1. The number of anilines is 1. The summed E-state index contributed by atoms with van der Waals surface area (Å²) in [6.45, 7) is 4.07. The molecule has 0 aliphatic rings. The van der Waals surface area contributed by atoms with Gasteiger partial charge in [-0.2, -0.15) is 0 Å². The summed E-state index contributed by atoms with van der Waals surface area (Å²) in [4.78, 5) is 0. The molecule has 2 nitrogen and oxygen atoms in total. The Kier molecular flexibility index (Phi) is 4.45. The third-order valence-corrected chi connectivity index (χ3v) is 3.33. The summed E-state index contributed by atoms with van der Waals surface area (Å²) >= 11 is 0. The highest BCUT2D eigenvalue weighted by molar-refractivity contribution is 5.51. The molecule has 19 heavy (non-hydrogen) atoms. The molecule has 0 saturated carbocycles. The van der Waals surface area contributed by atoms with E-state index in [4.69, 9.17) is 0 Å². The molecule has 0 spiro atoms. The topological polar surface area (TPSA) is 32.3 Å². The predicted molar refractivity (Wildman–Crippen MR) is 80.7 cm³/mol. The molecule has 0 amide bonds. The van der Waals surface area contributed by atoms with Gasteiger partial charge in [-0.1, -0.05) is 36.4 Å². The zero-order chi connectivity index (χ0) is 13.7. The second kappa shape index (κ2) is 6.28. The molecular formula is C17H21NO. The molecule has 1 atom stereocenters. The first kappa shape index (κ1) is 13.5. The van der Waals surface area contributed by atoms with Gasteiger partial charge in [0.25, 0.3) is 0 Å². The normalized spacial score (nSPS) is 12.1. The number of hydrogen-bond acceptors (Lipinski definition) is 2. The minimum Gasteiger partial charge on any atom is -0.508 e. The summed E-state index contributed by atoms with van der Waals surface area (Å²) in [5.41, 5.74) is 3.24. The molecule has 2 heteroatoms. The van der Waals surface area contributed by atoms with Gasteiger partial charge < -0.3 is 10.4 Å². The smallest absolute Gasteiger partial charge is 0.120 e. The van der Waals surface area contributed by atoms with Gasteiger partial charge in [0.15, 0.2) is 0 Å². The van der Waals surface area contributed by atoms with E-state index in [1.165, 1.54) is 5.56 Å². The van der Waals surface area contributed by atoms with Crippen LogP contribution in [0.15, 0.2) is 48.5 Å². The lowest BCUT2D eigenvalue weighted by atomic mass is 10.1. The van der Waals surface area contributed by atoms with Crippen LogP contribution in [0.25, 0.3) is 0 Å². The molecule has 0 radical (unpaired) electrons. The molecule has 2 N–H and O–H groups in total. The summed E-state index contributed by atoms with van der Waals surface area (Å²) in [7, 11) is 0. The van der Waals surface area contributed by atoms with Crippen LogP contribution in [0.5, 0.6) is 5.75 Å². The van der Waals surface area contributed by atoms with Crippen LogP contribution >= 0.6 is 0 Å². The van der Waals surface area contributed by atoms with Crippen LogP contribution in [0.3, 0.4) is 0 Å². The Morgan fingerprint density at radius 3 is 2.53 bits per heavy atom. The molecule has 1 unspecified atom stereocenters. The van der Waals surface area contributed by atoms with Gasteiger partial charge in [-0.15, -0.1) is 0 Å². The number of aromatic hydroxyl groups is 1. The maximum absolute atomic E-state index is 9.68. The molecule has 0 heterocycles. The average molecular weight is 255 g/mol. The van der Waals surface area contributed by atoms with Gasteiger partial charge in [-0.25, -0.2) is 0 Å². The van der Waals surface area contributed by atoms with Gasteiger partial charge in [0, 0.05) is 17.8 Å². The fraction of sp³-hybridized carbons (Fsp3) is 0.294. The first-order valence-corrected chi connectivity index (χ1v) is 6.75. The molecule has 2 aromatic rings. The molecule has 2 rings (SSSR count). The molecule has 0 aliphatic heterocycles. The zero-order valence-electron chi connectivity index (χ0n) is 11.6. The highest BCUT2D eigenvalue weighted by atomic mass is 16.3. The van der Waals surface area contributed by atoms with Crippen LogP contribution in [-0.4, -0.2) is 11.1 Å². The van der Waals surface area contributed by atoms with E-state index in [-0.39, 0.29) is 0 Å². The summed E-state index contributed by atoms with van der Waals surface area (Å²) in [6, 6.07) is 16.6. The second-order valence-electron chi connectivity index (χ2n) is 5.07. The lowest BCUT2D eigenvalue weighted by molar-refractivity contribution is 0.471. The van der Waals surface area contributed by atoms with Gasteiger partial charge in [0.05, 0.1) is 0 Å². The van der Waals surface area contributed by atoms with Crippen LogP contribution < -0.4 is 5.32 Å². The standard InChI is InChI=1S/C17H21NO/c1-13-8-11-16(12-17(13)19)18-14(2)9-10-15-6-4-3-5-7-15/h3-8,11-12,14,18-19H,9-10H2,1-2H3. The number of phenolic OH excluding ortho intramolecular Hbond substituents is 1. The second-order valence-corrected chi connectivity index (χ2v) is 5.07. The van der Waals surface area contributed by atoms with Crippen LogP contribution in [-0.2, 0) is 6.42 Å². The Hall–Kier alpha value is -1.96. The molecule has 0 saturated heterocycles.